The van der Waals surface area contributed by atoms with Crippen LogP contribution in [0.4, 0.5) is 11.8 Å². The molecule has 4 rings (SSSR count). The zero-order chi connectivity index (χ0) is 21.4. The molecular weight excluding hydrogens is 430 g/mol. The lowest BCUT2D eigenvalue weighted by molar-refractivity contribution is 0.00446. The van der Waals surface area contributed by atoms with Crippen LogP contribution in [-0.2, 0) is 0 Å². The number of aromatic nitrogens is 3. The van der Waals surface area contributed by atoms with Gasteiger partial charge < -0.3 is 31.1 Å². The summed E-state index contributed by atoms with van der Waals surface area (Å²) in [6, 6.07) is 5.07. The Morgan fingerprint density at radius 2 is 2.07 bits per heavy atom. The van der Waals surface area contributed by atoms with Crippen molar-refractivity contribution in [3.8, 4) is 16.3 Å². The van der Waals surface area contributed by atoms with Crippen LogP contribution in [0.1, 0.15) is 13.3 Å². The first-order valence-corrected chi connectivity index (χ1v) is 10.7. The molecule has 30 heavy (non-hydrogen) atoms. The van der Waals surface area contributed by atoms with Crippen LogP contribution in [0.2, 0.25) is 5.15 Å². The van der Waals surface area contributed by atoms with Crippen LogP contribution in [0, 0.1) is 5.92 Å². The molecular formula is C19H22ClN5O4S. The topological polar surface area (TPSA) is 147 Å². The molecule has 1 aliphatic rings. The molecule has 9 nitrogen and oxygen atoms in total. The van der Waals surface area contributed by atoms with Crippen LogP contribution >= 0.6 is 22.9 Å². The number of aliphatic hydroxyl groups is 3. The lowest BCUT2D eigenvalue weighted by Gasteiger charge is -2.20. The van der Waals surface area contributed by atoms with Gasteiger partial charge in [-0.1, -0.05) is 11.6 Å². The molecule has 1 aromatic carbocycles. The minimum absolute atomic E-state index is 0.0299. The largest absolute Gasteiger partial charge is 0.494 e. The van der Waals surface area contributed by atoms with Crippen LogP contribution in [0.3, 0.4) is 0 Å². The Morgan fingerprint density at radius 1 is 1.27 bits per heavy atom. The van der Waals surface area contributed by atoms with E-state index in [0.29, 0.717) is 29.4 Å². The summed E-state index contributed by atoms with van der Waals surface area (Å²) in [6.07, 6.45) is -1.75. The average molecular weight is 452 g/mol. The van der Waals surface area contributed by atoms with Gasteiger partial charge in [-0.2, -0.15) is 4.98 Å². The van der Waals surface area contributed by atoms with Crippen LogP contribution in [-0.4, -0.2) is 61.7 Å². The number of halogens is 1. The maximum absolute atomic E-state index is 10.4. The highest BCUT2D eigenvalue weighted by atomic mass is 35.5. The Labute approximate surface area is 181 Å². The van der Waals surface area contributed by atoms with Crippen molar-refractivity contribution in [2.45, 2.75) is 31.6 Å². The first-order chi connectivity index (χ1) is 14.4. The zero-order valence-electron chi connectivity index (χ0n) is 16.1. The highest BCUT2D eigenvalue weighted by molar-refractivity contribution is 7.21. The van der Waals surface area contributed by atoms with E-state index >= 15 is 0 Å². The third-order valence-electron chi connectivity index (χ3n) is 5.13. The molecule has 1 aliphatic carbocycles. The lowest BCUT2D eigenvalue weighted by atomic mass is 10.1. The third kappa shape index (κ3) is 3.88. The van der Waals surface area contributed by atoms with E-state index in [0.717, 1.165) is 16.0 Å². The number of fused-ring (bicyclic) bond motifs is 1. The van der Waals surface area contributed by atoms with E-state index in [-0.39, 0.29) is 17.7 Å². The van der Waals surface area contributed by atoms with Crippen molar-refractivity contribution in [1.29, 1.82) is 0 Å². The average Bonchev–Trinajstić information content (AvgIpc) is 3.23. The van der Waals surface area contributed by atoms with Crippen molar-refractivity contribution in [3.63, 3.8) is 0 Å². The van der Waals surface area contributed by atoms with E-state index in [4.69, 9.17) is 22.1 Å². The first kappa shape index (κ1) is 21.0. The fraction of sp³-hybridized carbons (Fsp3) is 0.421. The fourth-order valence-electron chi connectivity index (χ4n) is 3.64. The van der Waals surface area contributed by atoms with Crippen molar-refractivity contribution in [3.05, 3.63) is 23.4 Å². The summed E-state index contributed by atoms with van der Waals surface area (Å²) in [7, 11) is 0. The van der Waals surface area contributed by atoms with Gasteiger partial charge in [0, 0.05) is 12.5 Å². The van der Waals surface area contributed by atoms with Gasteiger partial charge in [0.05, 0.1) is 34.5 Å². The Hall–Kier alpha value is -2.24. The van der Waals surface area contributed by atoms with Crippen LogP contribution in [0.25, 0.3) is 20.8 Å². The van der Waals surface area contributed by atoms with Gasteiger partial charge in [0.25, 0.3) is 0 Å². The van der Waals surface area contributed by atoms with Crippen LogP contribution in [0.15, 0.2) is 18.2 Å². The number of aliphatic hydroxyl groups excluding tert-OH is 3. The van der Waals surface area contributed by atoms with Crippen molar-refractivity contribution in [2.24, 2.45) is 5.92 Å². The van der Waals surface area contributed by atoms with E-state index in [9.17, 15) is 15.3 Å². The number of benzene rings is 1. The van der Waals surface area contributed by atoms with Crippen LogP contribution < -0.4 is 15.8 Å². The summed E-state index contributed by atoms with van der Waals surface area (Å²) in [5.74, 6) is 0.593. The highest BCUT2D eigenvalue weighted by Crippen LogP contribution is 2.40. The van der Waals surface area contributed by atoms with Crippen molar-refractivity contribution < 1.29 is 20.1 Å². The summed E-state index contributed by atoms with van der Waals surface area (Å²) in [5.41, 5.74) is 7.02. The predicted octanol–water partition coefficient (Wildman–Crippen LogP) is 1.90. The zero-order valence-corrected chi connectivity index (χ0v) is 17.7. The quantitative estimate of drug-likeness (QED) is 0.354. The van der Waals surface area contributed by atoms with Crippen molar-refractivity contribution >= 4 is 44.9 Å². The van der Waals surface area contributed by atoms with Gasteiger partial charge in [-0.05, 0) is 31.5 Å². The SMILES string of the molecule is CCOc1ccc2nc(-c3c(Cl)nc(N)nc3N[C@@H]3C[C@H](CO)[C@@H](O)[C@H]3O)sc2c1. The number of nitrogens with zero attached hydrogens (tertiary/aromatic N) is 3. The minimum atomic E-state index is -1.07. The monoisotopic (exact) mass is 451 g/mol. The summed E-state index contributed by atoms with van der Waals surface area (Å²) in [5, 5.41) is 33.7. The Balaban J connectivity index is 1.73. The standard InChI is InChI=1S/C19H22ClN5O4S/c1-2-29-9-3-4-10-12(6-9)30-18(23-10)13-16(20)24-19(21)25-17(13)22-11-5-8(7-26)14(27)15(11)28/h3-4,6,8,11,14-15,26-28H,2,5,7H2,1H3,(H3,21,22,24,25)/t8-,11-,14-,15+/m1/s1. The lowest BCUT2D eigenvalue weighted by Crippen LogP contribution is -2.35. The number of ether oxygens (including phenoxy) is 1. The second-order valence-electron chi connectivity index (χ2n) is 7.09. The predicted molar refractivity (Wildman–Crippen MR) is 116 cm³/mol. The molecule has 160 valence electrons. The molecule has 2 aromatic heterocycles. The van der Waals surface area contributed by atoms with Crippen molar-refractivity contribution in [1.82, 2.24) is 15.0 Å². The Bertz CT molecular complexity index is 1060. The molecule has 0 bridgehead atoms. The van der Waals surface area contributed by atoms with Crippen LogP contribution in [0.5, 0.6) is 5.75 Å². The summed E-state index contributed by atoms with van der Waals surface area (Å²) < 4.78 is 6.46. The summed E-state index contributed by atoms with van der Waals surface area (Å²) in [6.45, 7) is 2.25. The number of anilines is 2. The van der Waals surface area contributed by atoms with E-state index < -0.39 is 24.2 Å². The van der Waals surface area contributed by atoms with Gasteiger partial charge in [0.15, 0.2) is 0 Å². The number of nitrogens with one attached hydrogen (secondary N) is 1. The number of thiazole rings is 1. The molecule has 0 unspecified atom stereocenters. The third-order valence-corrected chi connectivity index (χ3v) is 6.43. The molecule has 0 saturated heterocycles. The molecule has 2 heterocycles. The van der Waals surface area contributed by atoms with Gasteiger partial charge in [-0.3, -0.25) is 0 Å². The van der Waals surface area contributed by atoms with E-state index in [2.05, 4.69) is 20.3 Å². The second-order valence-corrected chi connectivity index (χ2v) is 8.48. The number of nitrogen functional groups attached to an aromatic ring is 1. The highest BCUT2D eigenvalue weighted by Gasteiger charge is 2.41. The number of hydrogen-bond acceptors (Lipinski definition) is 10. The smallest absolute Gasteiger partial charge is 0.223 e. The summed E-state index contributed by atoms with van der Waals surface area (Å²) in [4.78, 5) is 12.9. The Morgan fingerprint density at radius 3 is 2.77 bits per heavy atom. The molecule has 1 saturated carbocycles. The van der Waals surface area contributed by atoms with Gasteiger partial charge in [0.2, 0.25) is 5.95 Å². The molecule has 0 aliphatic heterocycles. The maximum atomic E-state index is 10.4. The number of rotatable bonds is 6. The molecule has 3 aromatic rings. The molecule has 4 atom stereocenters. The molecule has 0 radical (unpaired) electrons. The second kappa shape index (κ2) is 8.48. The van der Waals surface area contributed by atoms with Gasteiger partial charge in [-0.15, -0.1) is 11.3 Å². The van der Waals surface area contributed by atoms with Crippen molar-refractivity contribution in [2.75, 3.05) is 24.3 Å². The molecule has 0 amide bonds. The summed E-state index contributed by atoms with van der Waals surface area (Å²) >= 11 is 7.80. The molecule has 6 N–H and O–H groups in total. The fourth-order valence-corrected chi connectivity index (χ4v) is 5.00. The molecule has 0 spiro atoms. The first-order valence-electron chi connectivity index (χ1n) is 9.51. The van der Waals surface area contributed by atoms with E-state index in [1.54, 1.807) is 0 Å². The van der Waals surface area contributed by atoms with E-state index in [1.807, 2.05) is 25.1 Å². The van der Waals surface area contributed by atoms with Gasteiger partial charge >= 0.3 is 0 Å². The Kier molecular flexibility index (Phi) is 5.94. The molecule has 1 fully saturated rings. The molecule has 11 heteroatoms. The normalized spacial score (nSPS) is 23.8. The minimum Gasteiger partial charge on any atom is -0.494 e. The van der Waals surface area contributed by atoms with E-state index in [1.165, 1.54) is 11.3 Å². The number of hydrogen-bond donors (Lipinski definition) is 5. The van der Waals surface area contributed by atoms with Gasteiger partial charge in [0.1, 0.15) is 27.8 Å². The van der Waals surface area contributed by atoms with Gasteiger partial charge in [-0.25, -0.2) is 9.97 Å². The maximum Gasteiger partial charge on any atom is 0.223 e. The number of nitrogens with two attached hydrogens (primary N) is 1.